The van der Waals surface area contributed by atoms with E-state index in [0.29, 0.717) is 46.1 Å². The van der Waals surface area contributed by atoms with Gasteiger partial charge in [-0.25, -0.2) is 5.43 Å². The van der Waals surface area contributed by atoms with Crippen LogP contribution in [0.2, 0.25) is 0 Å². The third kappa shape index (κ3) is 6.50. The van der Waals surface area contributed by atoms with Crippen LogP contribution in [0.15, 0.2) is 77.0 Å². The Labute approximate surface area is 231 Å². The molecule has 3 aromatic carbocycles. The summed E-state index contributed by atoms with van der Waals surface area (Å²) in [6.07, 6.45) is 1.56. The van der Waals surface area contributed by atoms with Crippen molar-refractivity contribution in [3.63, 3.8) is 0 Å². The molecule has 0 aliphatic carbocycles. The van der Waals surface area contributed by atoms with Crippen molar-refractivity contribution in [3.05, 3.63) is 72.3 Å². The molecular weight excluding hydrogens is 518 g/mol. The predicted molar refractivity (Wildman–Crippen MR) is 151 cm³/mol. The Hall–Kier alpha value is -4.51. The van der Waals surface area contributed by atoms with Crippen LogP contribution in [0, 0.1) is 0 Å². The molecule has 11 heteroatoms. The second-order valence-corrected chi connectivity index (χ2v) is 8.89. The molecule has 1 aromatic heterocycles. The number of carbonyl (C=O) groups excluding carboxylic acids is 1. The van der Waals surface area contributed by atoms with Gasteiger partial charge in [-0.2, -0.15) is 5.10 Å². The lowest BCUT2D eigenvalue weighted by Gasteiger charge is -2.15. The zero-order chi connectivity index (χ0) is 27.6. The van der Waals surface area contributed by atoms with Gasteiger partial charge in [-0.15, -0.1) is 10.2 Å². The van der Waals surface area contributed by atoms with Crippen LogP contribution in [0.5, 0.6) is 23.0 Å². The summed E-state index contributed by atoms with van der Waals surface area (Å²) in [6, 6.07) is 20.7. The quantitative estimate of drug-likeness (QED) is 0.156. The van der Waals surface area contributed by atoms with E-state index in [2.05, 4.69) is 20.7 Å². The maximum atomic E-state index is 12.6. The topological polar surface area (TPSA) is 109 Å². The first-order chi connectivity index (χ1) is 19.1. The van der Waals surface area contributed by atoms with Crippen LogP contribution in [0.25, 0.3) is 17.1 Å². The van der Waals surface area contributed by atoms with Crippen molar-refractivity contribution in [2.24, 2.45) is 5.10 Å². The zero-order valence-corrected chi connectivity index (χ0v) is 22.9. The lowest BCUT2D eigenvalue weighted by molar-refractivity contribution is -0.118. The summed E-state index contributed by atoms with van der Waals surface area (Å²) in [6.45, 7) is 2.45. The summed E-state index contributed by atoms with van der Waals surface area (Å²) >= 11 is 1.24. The van der Waals surface area contributed by atoms with E-state index in [9.17, 15) is 4.79 Å². The number of hydrogen-bond acceptors (Lipinski definition) is 9. The zero-order valence-electron chi connectivity index (χ0n) is 22.1. The van der Waals surface area contributed by atoms with E-state index in [1.807, 2.05) is 66.1 Å². The molecule has 0 spiro atoms. The van der Waals surface area contributed by atoms with Gasteiger partial charge in [-0.1, -0.05) is 42.1 Å². The minimum absolute atomic E-state index is 0.0741. The summed E-state index contributed by atoms with van der Waals surface area (Å²) in [4.78, 5) is 12.6. The fraction of sp³-hybridized carbons (Fsp3) is 0.214. The highest BCUT2D eigenvalue weighted by molar-refractivity contribution is 7.99. The van der Waals surface area contributed by atoms with Gasteiger partial charge in [0.05, 0.1) is 39.9 Å². The van der Waals surface area contributed by atoms with Crippen LogP contribution in [-0.2, 0) is 4.79 Å². The predicted octanol–water partition coefficient (Wildman–Crippen LogP) is 4.60. The van der Waals surface area contributed by atoms with E-state index < -0.39 is 0 Å². The van der Waals surface area contributed by atoms with Gasteiger partial charge in [0.2, 0.25) is 5.75 Å². The average molecular weight is 548 g/mol. The normalized spacial score (nSPS) is 10.9. The molecule has 4 rings (SSSR count). The molecule has 0 atom stereocenters. The van der Waals surface area contributed by atoms with Gasteiger partial charge in [0.1, 0.15) is 5.75 Å². The van der Waals surface area contributed by atoms with Crippen LogP contribution in [0.4, 0.5) is 0 Å². The molecule has 0 aliphatic heterocycles. The Morgan fingerprint density at radius 2 is 1.64 bits per heavy atom. The van der Waals surface area contributed by atoms with Gasteiger partial charge >= 0.3 is 0 Å². The van der Waals surface area contributed by atoms with Gasteiger partial charge < -0.3 is 18.9 Å². The summed E-state index contributed by atoms with van der Waals surface area (Å²) in [5.74, 6) is 2.49. The van der Waals surface area contributed by atoms with Crippen LogP contribution >= 0.6 is 11.8 Å². The van der Waals surface area contributed by atoms with Gasteiger partial charge in [0.25, 0.3) is 5.91 Å². The molecule has 0 saturated carbocycles. The number of thioether (sulfide) groups is 1. The minimum Gasteiger partial charge on any atom is -0.493 e. The van der Waals surface area contributed by atoms with E-state index in [0.717, 1.165) is 11.3 Å². The number of nitrogens with zero attached hydrogens (tertiary/aromatic N) is 4. The highest BCUT2D eigenvalue weighted by Crippen LogP contribution is 2.41. The maximum absolute atomic E-state index is 12.6. The standard InChI is InChI=1S/C28H29N5O5S/c1-5-38-22-14-10-9-11-19(22)17-29-30-25(34)18-39-28-32-31-27(33(28)21-12-7-6-8-13-21)20-15-23(35-2)26(37-4)24(16-20)36-3/h6-17H,5,18H2,1-4H3,(H,30,34). The molecular formula is C28H29N5O5S. The molecule has 0 bridgehead atoms. The number of ether oxygens (including phenoxy) is 4. The van der Waals surface area contributed by atoms with Crippen molar-refractivity contribution in [2.75, 3.05) is 33.7 Å². The fourth-order valence-electron chi connectivity index (χ4n) is 3.78. The molecule has 0 saturated heterocycles. The minimum atomic E-state index is -0.290. The summed E-state index contributed by atoms with van der Waals surface area (Å²) in [5, 5.41) is 13.4. The molecule has 0 radical (unpaired) electrons. The molecule has 0 unspecified atom stereocenters. The first kappa shape index (κ1) is 27.5. The number of rotatable bonds is 12. The molecule has 10 nitrogen and oxygen atoms in total. The number of methoxy groups -OCH3 is 3. The number of nitrogens with one attached hydrogen (secondary N) is 1. The molecule has 4 aromatic rings. The van der Waals surface area contributed by atoms with E-state index in [-0.39, 0.29) is 11.7 Å². The van der Waals surface area contributed by atoms with Gasteiger partial charge in [-0.05, 0) is 43.3 Å². The largest absolute Gasteiger partial charge is 0.493 e. The first-order valence-corrected chi connectivity index (χ1v) is 13.1. The first-order valence-electron chi connectivity index (χ1n) is 12.1. The smallest absolute Gasteiger partial charge is 0.250 e. The summed E-state index contributed by atoms with van der Waals surface area (Å²) < 4.78 is 24.0. The van der Waals surface area contributed by atoms with Crippen molar-refractivity contribution in [1.29, 1.82) is 0 Å². The van der Waals surface area contributed by atoms with Crippen molar-refractivity contribution in [3.8, 4) is 40.1 Å². The van der Waals surface area contributed by atoms with Crippen molar-refractivity contribution in [1.82, 2.24) is 20.2 Å². The number of amides is 1. The monoisotopic (exact) mass is 547 g/mol. The molecule has 1 N–H and O–H groups in total. The molecule has 0 fully saturated rings. The van der Waals surface area contributed by atoms with Crippen LogP contribution in [0.3, 0.4) is 0 Å². The third-order valence-corrected chi connectivity index (χ3v) is 6.44. The number of benzene rings is 3. The highest BCUT2D eigenvalue weighted by atomic mass is 32.2. The number of para-hydroxylation sites is 2. The molecule has 1 amide bonds. The Morgan fingerprint density at radius 1 is 0.949 bits per heavy atom. The Kier molecular flexibility index (Phi) is 9.41. The average Bonchev–Trinajstić information content (AvgIpc) is 3.40. The van der Waals surface area contributed by atoms with Gasteiger partial charge in [-0.3, -0.25) is 9.36 Å². The van der Waals surface area contributed by atoms with Crippen LogP contribution < -0.4 is 24.4 Å². The lowest BCUT2D eigenvalue weighted by atomic mass is 10.1. The van der Waals surface area contributed by atoms with E-state index >= 15 is 0 Å². The SMILES string of the molecule is CCOc1ccccc1C=NNC(=O)CSc1nnc(-c2cc(OC)c(OC)c(OC)c2)n1-c1ccccc1. The Balaban J connectivity index is 1.57. The highest BCUT2D eigenvalue weighted by Gasteiger charge is 2.21. The van der Waals surface area contributed by atoms with Gasteiger partial charge in [0, 0.05) is 16.8 Å². The number of aromatic nitrogens is 3. The third-order valence-electron chi connectivity index (χ3n) is 5.51. The van der Waals surface area contributed by atoms with E-state index in [4.69, 9.17) is 18.9 Å². The maximum Gasteiger partial charge on any atom is 0.250 e. The Morgan fingerprint density at radius 3 is 2.31 bits per heavy atom. The molecule has 1 heterocycles. The second-order valence-electron chi connectivity index (χ2n) is 7.94. The number of carbonyl (C=O) groups is 1. The molecule has 0 aliphatic rings. The van der Waals surface area contributed by atoms with Gasteiger partial charge in [0.15, 0.2) is 22.5 Å². The lowest BCUT2D eigenvalue weighted by Crippen LogP contribution is -2.20. The van der Waals surface area contributed by atoms with Crippen molar-refractivity contribution < 1.29 is 23.7 Å². The number of hydrogen-bond donors (Lipinski definition) is 1. The van der Waals surface area contributed by atoms with Crippen LogP contribution in [-0.4, -0.2) is 60.6 Å². The number of hydrazone groups is 1. The fourth-order valence-corrected chi connectivity index (χ4v) is 4.52. The molecule has 202 valence electrons. The van der Waals surface area contributed by atoms with E-state index in [1.54, 1.807) is 39.7 Å². The van der Waals surface area contributed by atoms with Crippen molar-refractivity contribution in [2.45, 2.75) is 12.1 Å². The summed E-state index contributed by atoms with van der Waals surface area (Å²) in [5.41, 5.74) is 4.87. The summed E-state index contributed by atoms with van der Waals surface area (Å²) in [7, 11) is 4.66. The van der Waals surface area contributed by atoms with Crippen molar-refractivity contribution >= 4 is 23.9 Å². The van der Waals surface area contributed by atoms with Crippen LogP contribution in [0.1, 0.15) is 12.5 Å². The van der Waals surface area contributed by atoms with E-state index in [1.165, 1.54) is 11.8 Å². The Bertz CT molecular complexity index is 1420. The second kappa shape index (κ2) is 13.3. The molecule has 39 heavy (non-hydrogen) atoms.